The number of aromatic nitrogens is 3. The van der Waals surface area contributed by atoms with Crippen LogP contribution in [0.5, 0.6) is 5.75 Å². The fourth-order valence-corrected chi connectivity index (χ4v) is 2.25. The van der Waals surface area contributed by atoms with Crippen LogP contribution in [0, 0.1) is 13.8 Å². The first-order valence-corrected chi connectivity index (χ1v) is 8.87. The normalized spacial score (nSPS) is 10.3. The second-order valence-electron chi connectivity index (χ2n) is 5.86. The summed E-state index contributed by atoms with van der Waals surface area (Å²) in [5.41, 5.74) is 1.86. The molecule has 0 fully saturated rings. The number of halogens is 3. The Labute approximate surface area is 172 Å². The molecule has 7 nitrogen and oxygen atoms in total. The number of aryl methyl sites for hydroxylation is 2. The number of ether oxygens (including phenoxy) is 1. The molecule has 2 heterocycles. The molecule has 1 aromatic carbocycles. The summed E-state index contributed by atoms with van der Waals surface area (Å²) < 4.78 is 43.4. The van der Waals surface area contributed by atoms with Crippen LogP contribution in [0.4, 0.5) is 18.9 Å². The molecule has 0 amide bonds. The van der Waals surface area contributed by atoms with Gasteiger partial charge >= 0.3 is 6.18 Å². The molecule has 0 saturated heterocycles. The minimum atomic E-state index is -4.46. The Morgan fingerprint density at radius 2 is 1.83 bits per heavy atom. The monoisotopic (exact) mass is 426 g/mol. The van der Waals surface area contributed by atoms with Crippen molar-refractivity contribution >= 4 is 5.69 Å². The molecular formula is C20H25F3N4O3. The van der Waals surface area contributed by atoms with Gasteiger partial charge in [0, 0.05) is 30.8 Å². The van der Waals surface area contributed by atoms with Crippen LogP contribution in [0.25, 0.3) is 5.82 Å². The SMILES string of the molecule is CCO.COc1cc(NO)cc(C(F)(F)F)c1.Cc1nccc(-n2cccc2C)n1. The van der Waals surface area contributed by atoms with Crippen LogP contribution >= 0.6 is 0 Å². The molecule has 0 saturated carbocycles. The lowest BCUT2D eigenvalue weighted by molar-refractivity contribution is -0.137. The molecule has 10 heteroatoms. The summed E-state index contributed by atoms with van der Waals surface area (Å²) in [5, 5.41) is 16.0. The van der Waals surface area contributed by atoms with E-state index >= 15 is 0 Å². The van der Waals surface area contributed by atoms with Crippen molar-refractivity contribution in [1.82, 2.24) is 14.5 Å². The third-order valence-electron chi connectivity index (χ3n) is 3.56. The van der Waals surface area contributed by atoms with Crippen molar-refractivity contribution in [2.45, 2.75) is 26.9 Å². The Morgan fingerprint density at radius 3 is 2.30 bits per heavy atom. The Balaban J connectivity index is 0.000000266. The Hall–Kier alpha value is -3.11. The van der Waals surface area contributed by atoms with Crippen LogP contribution in [0.1, 0.15) is 24.0 Å². The largest absolute Gasteiger partial charge is 0.497 e. The third kappa shape index (κ3) is 7.72. The van der Waals surface area contributed by atoms with Gasteiger partial charge in [-0.2, -0.15) is 13.2 Å². The van der Waals surface area contributed by atoms with Crippen molar-refractivity contribution in [1.29, 1.82) is 0 Å². The fraction of sp³-hybridized carbons (Fsp3) is 0.300. The predicted molar refractivity (Wildman–Crippen MR) is 107 cm³/mol. The van der Waals surface area contributed by atoms with Gasteiger partial charge in [-0.05, 0) is 51.1 Å². The molecule has 0 unspecified atom stereocenters. The van der Waals surface area contributed by atoms with Gasteiger partial charge in [-0.1, -0.05) is 0 Å². The average Bonchev–Trinajstić information content (AvgIpc) is 3.14. The van der Waals surface area contributed by atoms with Crippen LogP contribution in [-0.2, 0) is 6.18 Å². The maximum absolute atomic E-state index is 12.3. The number of hydrogen-bond acceptors (Lipinski definition) is 6. The van der Waals surface area contributed by atoms with Gasteiger partial charge in [-0.15, -0.1) is 0 Å². The number of alkyl halides is 3. The minimum absolute atomic E-state index is 0.0244. The highest BCUT2D eigenvalue weighted by molar-refractivity contribution is 5.50. The second kappa shape index (κ2) is 11.8. The first-order valence-electron chi connectivity index (χ1n) is 8.87. The fourth-order valence-electron chi connectivity index (χ4n) is 2.25. The number of nitrogens with zero attached hydrogens (tertiary/aromatic N) is 3. The van der Waals surface area contributed by atoms with E-state index in [1.54, 1.807) is 18.6 Å². The van der Waals surface area contributed by atoms with E-state index in [0.29, 0.717) is 0 Å². The zero-order chi connectivity index (χ0) is 22.7. The number of aliphatic hydroxyl groups excluding tert-OH is 1. The van der Waals surface area contributed by atoms with E-state index in [1.807, 2.05) is 29.8 Å². The van der Waals surface area contributed by atoms with Gasteiger partial charge in [0.15, 0.2) is 0 Å². The highest BCUT2D eigenvalue weighted by atomic mass is 19.4. The summed E-state index contributed by atoms with van der Waals surface area (Å²) in [5.74, 6) is 1.75. The van der Waals surface area contributed by atoms with Crippen LogP contribution < -0.4 is 10.2 Å². The van der Waals surface area contributed by atoms with Crippen LogP contribution in [-0.4, -0.2) is 38.6 Å². The van der Waals surface area contributed by atoms with E-state index in [2.05, 4.69) is 27.7 Å². The molecule has 0 atom stereocenters. The molecule has 2 aromatic heterocycles. The van der Waals surface area contributed by atoms with Gasteiger partial charge in [-0.25, -0.2) is 9.97 Å². The third-order valence-corrected chi connectivity index (χ3v) is 3.56. The smallest absolute Gasteiger partial charge is 0.416 e. The number of aliphatic hydroxyl groups is 1. The lowest BCUT2D eigenvalue weighted by Gasteiger charge is -2.10. The first-order chi connectivity index (χ1) is 14.2. The number of nitrogens with one attached hydrogen (secondary N) is 1. The van der Waals surface area contributed by atoms with Gasteiger partial charge in [0.2, 0.25) is 0 Å². The summed E-state index contributed by atoms with van der Waals surface area (Å²) in [6.45, 7) is 5.87. The van der Waals surface area contributed by atoms with Crippen LogP contribution in [0.3, 0.4) is 0 Å². The van der Waals surface area contributed by atoms with Crippen molar-refractivity contribution in [3.05, 3.63) is 65.9 Å². The number of rotatable bonds is 3. The van der Waals surface area contributed by atoms with Crippen molar-refractivity contribution in [2.75, 3.05) is 19.2 Å². The number of anilines is 1. The highest BCUT2D eigenvalue weighted by Crippen LogP contribution is 2.33. The van der Waals surface area contributed by atoms with E-state index in [-0.39, 0.29) is 18.0 Å². The molecule has 3 aromatic rings. The standard InChI is InChI=1S/C10H11N3.C8H8F3NO2.C2H6O/c1-8-4-3-7-13(8)10-5-6-11-9(2)12-10;1-14-7-3-5(8(9,10)11)2-6(4-7)12-13;1-2-3/h3-7H,1-2H3;2-4,12-13H,1H3;3H,2H2,1H3. The molecule has 3 rings (SSSR count). The van der Waals surface area contributed by atoms with Gasteiger partial charge in [-0.3, -0.25) is 10.7 Å². The van der Waals surface area contributed by atoms with Gasteiger partial charge in [0.1, 0.15) is 17.4 Å². The Bertz CT molecular complexity index is 892. The van der Waals surface area contributed by atoms with Crippen molar-refractivity contribution in [3.63, 3.8) is 0 Å². The summed E-state index contributed by atoms with van der Waals surface area (Å²) in [7, 11) is 1.25. The Morgan fingerprint density at radius 1 is 1.17 bits per heavy atom. The van der Waals surface area contributed by atoms with Gasteiger partial charge in [0.05, 0.1) is 18.4 Å². The molecule has 0 spiro atoms. The molecule has 0 aliphatic heterocycles. The van der Waals surface area contributed by atoms with E-state index < -0.39 is 11.7 Å². The molecule has 0 aliphatic carbocycles. The number of hydrogen-bond donors (Lipinski definition) is 3. The zero-order valence-electron chi connectivity index (χ0n) is 17.1. The maximum atomic E-state index is 12.3. The highest BCUT2D eigenvalue weighted by Gasteiger charge is 2.31. The predicted octanol–water partition coefficient (Wildman–Crippen LogP) is 4.40. The lowest BCUT2D eigenvalue weighted by atomic mass is 10.2. The van der Waals surface area contributed by atoms with Crippen molar-refractivity contribution in [2.24, 2.45) is 0 Å². The molecule has 3 N–H and O–H groups in total. The first kappa shape index (κ1) is 24.9. The molecule has 30 heavy (non-hydrogen) atoms. The maximum Gasteiger partial charge on any atom is 0.416 e. The Kier molecular flexibility index (Phi) is 9.79. The van der Waals surface area contributed by atoms with Crippen LogP contribution in [0.2, 0.25) is 0 Å². The van der Waals surface area contributed by atoms with Crippen LogP contribution in [0.15, 0.2) is 48.8 Å². The number of benzene rings is 1. The van der Waals surface area contributed by atoms with E-state index in [4.69, 9.17) is 10.3 Å². The van der Waals surface area contributed by atoms with Gasteiger partial charge in [0.25, 0.3) is 0 Å². The van der Waals surface area contributed by atoms with E-state index in [1.165, 1.54) is 18.9 Å². The number of methoxy groups -OCH3 is 1. The topological polar surface area (TPSA) is 92.4 Å². The zero-order valence-corrected chi connectivity index (χ0v) is 17.1. The molecule has 0 radical (unpaired) electrons. The lowest BCUT2D eigenvalue weighted by Crippen LogP contribution is -2.06. The summed E-state index contributed by atoms with van der Waals surface area (Å²) in [6.07, 6.45) is -0.686. The van der Waals surface area contributed by atoms with E-state index in [0.717, 1.165) is 23.8 Å². The van der Waals surface area contributed by atoms with E-state index in [9.17, 15) is 13.2 Å². The summed E-state index contributed by atoms with van der Waals surface area (Å²) in [6, 6.07) is 8.84. The summed E-state index contributed by atoms with van der Waals surface area (Å²) >= 11 is 0. The summed E-state index contributed by atoms with van der Waals surface area (Å²) in [4.78, 5) is 8.38. The van der Waals surface area contributed by atoms with Gasteiger partial charge < -0.3 is 14.4 Å². The minimum Gasteiger partial charge on any atom is -0.497 e. The second-order valence-corrected chi connectivity index (χ2v) is 5.86. The van der Waals surface area contributed by atoms with Crippen molar-refractivity contribution < 1.29 is 28.2 Å². The van der Waals surface area contributed by atoms with Crippen molar-refractivity contribution in [3.8, 4) is 11.6 Å². The average molecular weight is 426 g/mol. The quantitative estimate of drug-likeness (QED) is 0.538. The molecule has 164 valence electrons. The molecule has 0 bridgehead atoms. The molecule has 0 aliphatic rings. The molecular weight excluding hydrogens is 401 g/mol.